The number of benzene rings is 1. The molecule has 0 spiro atoms. The van der Waals surface area contributed by atoms with Crippen LogP contribution in [-0.2, 0) is 14.3 Å². The lowest BCUT2D eigenvalue weighted by Crippen LogP contribution is -2.36. The Morgan fingerprint density at radius 1 is 1.16 bits per heavy atom. The summed E-state index contributed by atoms with van der Waals surface area (Å²) < 4.78 is 15.7. The molecule has 12 nitrogen and oxygen atoms in total. The van der Waals surface area contributed by atoms with Gasteiger partial charge in [-0.3, -0.25) is 14.6 Å². The van der Waals surface area contributed by atoms with Gasteiger partial charge in [0.25, 0.3) is 5.91 Å². The van der Waals surface area contributed by atoms with Crippen molar-refractivity contribution in [3.8, 4) is 17.0 Å². The molecule has 1 fully saturated rings. The van der Waals surface area contributed by atoms with Crippen LogP contribution in [0.15, 0.2) is 48.9 Å². The van der Waals surface area contributed by atoms with Crippen molar-refractivity contribution in [2.75, 3.05) is 56.0 Å². The Morgan fingerprint density at radius 2 is 1.92 bits per heavy atom. The van der Waals surface area contributed by atoms with E-state index in [9.17, 15) is 9.59 Å². The van der Waals surface area contributed by atoms with Crippen LogP contribution in [0, 0.1) is 0 Å². The Hall–Kier alpha value is -4.29. The number of hydrogen-bond acceptors (Lipinski definition) is 11. The first-order chi connectivity index (χ1) is 18.0. The first-order valence-electron chi connectivity index (χ1n) is 11.7. The van der Waals surface area contributed by atoms with Crippen LogP contribution in [0.4, 0.5) is 17.2 Å². The summed E-state index contributed by atoms with van der Waals surface area (Å²) in [5.41, 5.74) is 14.3. The molecule has 0 bridgehead atoms. The van der Waals surface area contributed by atoms with Gasteiger partial charge in [-0.05, 0) is 30.3 Å². The van der Waals surface area contributed by atoms with Crippen LogP contribution in [0.25, 0.3) is 11.3 Å². The third-order valence-electron chi connectivity index (χ3n) is 5.77. The Balaban J connectivity index is 1.44. The van der Waals surface area contributed by atoms with Crippen LogP contribution in [0.1, 0.15) is 16.9 Å². The van der Waals surface area contributed by atoms with Crippen LogP contribution >= 0.6 is 0 Å². The van der Waals surface area contributed by atoms with Crippen LogP contribution in [0.2, 0.25) is 0 Å². The van der Waals surface area contributed by atoms with E-state index < -0.39 is 17.9 Å². The largest absolute Gasteiger partial charge is 0.494 e. The standard InChI is InChI=1S/C25H29N7O5/c1-35-25(34)18(26)7-11-37-17-4-2-16(3-5-17)19-15-29-23(27)22(30-19)24(33)31-20-14-28-8-6-21(20)32-9-12-36-13-10-32/h2-6,8,14-15,18H,7,9-13,26H2,1H3,(H2,27,29)(H,31,33)/t18-/m0/s1. The second kappa shape index (κ2) is 12.1. The minimum atomic E-state index is -0.740. The Morgan fingerprint density at radius 3 is 2.65 bits per heavy atom. The van der Waals surface area contributed by atoms with E-state index in [0.717, 1.165) is 11.3 Å². The summed E-state index contributed by atoms with van der Waals surface area (Å²) in [7, 11) is 1.29. The van der Waals surface area contributed by atoms with Crippen molar-refractivity contribution < 1.29 is 23.8 Å². The van der Waals surface area contributed by atoms with E-state index in [0.29, 0.717) is 49.9 Å². The number of carbonyl (C=O) groups excluding carboxylic acids is 2. The van der Waals surface area contributed by atoms with Crippen LogP contribution in [0.5, 0.6) is 5.75 Å². The van der Waals surface area contributed by atoms with Crippen LogP contribution in [0.3, 0.4) is 0 Å². The molecule has 3 heterocycles. The molecule has 0 radical (unpaired) electrons. The highest BCUT2D eigenvalue weighted by Gasteiger charge is 2.20. The summed E-state index contributed by atoms with van der Waals surface area (Å²) in [5.74, 6) is -0.368. The number of hydrogen-bond donors (Lipinski definition) is 3. The molecule has 1 aliphatic heterocycles. The van der Waals surface area contributed by atoms with Gasteiger partial charge in [0, 0.05) is 31.3 Å². The van der Waals surface area contributed by atoms with E-state index in [1.54, 1.807) is 36.7 Å². The van der Waals surface area contributed by atoms with Gasteiger partial charge in [0.1, 0.15) is 11.8 Å². The number of morpholine rings is 1. The van der Waals surface area contributed by atoms with Gasteiger partial charge in [0.2, 0.25) is 0 Å². The van der Waals surface area contributed by atoms with Gasteiger partial charge in [0.05, 0.1) is 56.4 Å². The van der Waals surface area contributed by atoms with E-state index in [1.807, 2.05) is 6.07 Å². The summed E-state index contributed by atoms with van der Waals surface area (Å²) in [6.45, 7) is 2.90. The maximum atomic E-state index is 13.1. The highest BCUT2D eigenvalue weighted by atomic mass is 16.5. The maximum absolute atomic E-state index is 13.1. The SMILES string of the molecule is COC(=O)[C@@H](N)CCOc1ccc(-c2cnc(N)c(C(=O)Nc3cnccc3N3CCOCC3)n2)cc1. The van der Waals surface area contributed by atoms with Crippen molar-refractivity contribution in [1.82, 2.24) is 15.0 Å². The summed E-state index contributed by atoms with van der Waals surface area (Å²) in [6.07, 6.45) is 5.09. The average molecular weight is 508 g/mol. The first-order valence-corrected chi connectivity index (χ1v) is 11.7. The fraction of sp³-hybridized carbons (Fsp3) is 0.320. The molecule has 1 saturated heterocycles. The molecule has 0 aliphatic carbocycles. The number of nitrogens with one attached hydrogen (secondary N) is 1. The Bertz CT molecular complexity index is 1230. The zero-order chi connectivity index (χ0) is 26.2. The van der Waals surface area contributed by atoms with E-state index >= 15 is 0 Å². The molecule has 4 rings (SSSR count). The minimum absolute atomic E-state index is 0.00593. The van der Waals surface area contributed by atoms with Crippen molar-refractivity contribution in [3.05, 3.63) is 54.6 Å². The van der Waals surface area contributed by atoms with Crippen molar-refractivity contribution >= 4 is 29.1 Å². The first kappa shape index (κ1) is 25.8. The van der Waals surface area contributed by atoms with Gasteiger partial charge >= 0.3 is 5.97 Å². The molecule has 3 aromatic rings. The molecule has 1 aliphatic rings. The molecule has 0 unspecified atom stereocenters. The Kier molecular flexibility index (Phi) is 8.44. The number of nitrogen functional groups attached to an aromatic ring is 1. The summed E-state index contributed by atoms with van der Waals surface area (Å²) in [6, 6.07) is 8.18. The van der Waals surface area contributed by atoms with Crippen molar-refractivity contribution in [1.29, 1.82) is 0 Å². The molecular formula is C25H29N7O5. The van der Waals surface area contributed by atoms with Gasteiger partial charge in [-0.25, -0.2) is 9.97 Å². The molecule has 1 aromatic carbocycles. The fourth-order valence-corrected chi connectivity index (χ4v) is 3.74. The summed E-state index contributed by atoms with van der Waals surface area (Å²) in [4.78, 5) is 39.4. The van der Waals surface area contributed by atoms with Crippen molar-refractivity contribution in [3.63, 3.8) is 0 Å². The smallest absolute Gasteiger partial charge is 0.322 e. The molecule has 12 heteroatoms. The summed E-state index contributed by atoms with van der Waals surface area (Å²) in [5, 5.41) is 2.87. The third-order valence-corrected chi connectivity index (χ3v) is 5.77. The number of rotatable bonds is 9. The van der Waals surface area contributed by atoms with Gasteiger partial charge in [0.15, 0.2) is 11.5 Å². The highest BCUT2D eigenvalue weighted by Crippen LogP contribution is 2.27. The lowest BCUT2D eigenvalue weighted by Gasteiger charge is -2.30. The fourth-order valence-electron chi connectivity index (χ4n) is 3.74. The van der Waals surface area contributed by atoms with Crippen LogP contribution < -0.4 is 26.4 Å². The number of nitrogens with two attached hydrogens (primary N) is 2. The number of amides is 1. The number of pyridine rings is 1. The van der Waals surface area contributed by atoms with Crippen LogP contribution in [-0.4, -0.2) is 72.9 Å². The second-order valence-electron chi connectivity index (χ2n) is 8.23. The lowest BCUT2D eigenvalue weighted by atomic mass is 10.1. The quantitative estimate of drug-likeness (QED) is 0.359. The maximum Gasteiger partial charge on any atom is 0.322 e. The molecule has 0 saturated carbocycles. The predicted octanol–water partition coefficient (Wildman–Crippen LogP) is 1.48. The topological polar surface area (TPSA) is 168 Å². The van der Waals surface area contributed by atoms with E-state index in [1.165, 1.54) is 13.3 Å². The van der Waals surface area contributed by atoms with Gasteiger partial charge in [-0.1, -0.05) is 0 Å². The van der Waals surface area contributed by atoms with Gasteiger partial charge < -0.3 is 35.9 Å². The van der Waals surface area contributed by atoms with Crippen molar-refractivity contribution in [2.24, 2.45) is 5.73 Å². The number of ether oxygens (including phenoxy) is 3. The number of aromatic nitrogens is 3. The van der Waals surface area contributed by atoms with Gasteiger partial charge in [-0.15, -0.1) is 0 Å². The number of nitrogens with zero attached hydrogens (tertiary/aromatic N) is 4. The van der Waals surface area contributed by atoms with Crippen molar-refractivity contribution in [2.45, 2.75) is 12.5 Å². The zero-order valence-electron chi connectivity index (χ0n) is 20.4. The molecular weight excluding hydrogens is 478 g/mol. The molecule has 37 heavy (non-hydrogen) atoms. The highest BCUT2D eigenvalue weighted by molar-refractivity contribution is 6.07. The summed E-state index contributed by atoms with van der Waals surface area (Å²) >= 11 is 0. The third kappa shape index (κ3) is 6.48. The monoisotopic (exact) mass is 507 g/mol. The number of esters is 1. The zero-order valence-corrected chi connectivity index (χ0v) is 20.4. The van der Waals surface area contributed by atoms with E-state index in [2.05, 4.69) is 29.9 Å². The Labute approximate surface area is 214 Å². The normalized spacial score (nSPS) is 14.1. The molecule has 2 aromatic heterocycles. The molecule has 194 valence electrons. The second-order valence-corrected chi connectivity index (χ2v) is 8.23. The number of carbonyl (C=O) groups is 2. The average Bonchev–Trinajstić information content (AvgIpc) is 2.94. The molecule has 5 N–H and O–H groups in total. The van der Waals surface area contributed by atoms with E-state index in [-0.39, 0.29) is 18.1 Å². The number of anilines is 3. The minimum Gasteiger partial charge on any atom is -0.494 e. The molecule has 1 amide bonds. The molecule has 1 atom stereocenters. The predicted molar refractivity (Wildman–Crippen MR) is 137 cm³/mol. The lowest BCUT2D eigenvalue weighted by molar-refractivity contribution is -0.142. The number of methoxy groups -OCH3 is 1. The van der Waals surface area contributed by atoms with E-state index in [4.69, 9.17) is 20.9 Å². The van der Waals surface area contributed by atoms with Gasteiger partial charge in [-0.2, -0.15) is 0 Å².